The third kappa shape index (κ3) is 3.11. The number of esters is 1. The highest BCUT2D eigenvalue weighted by Gasteiger charge is 2.50. The number of likely N-dealkylation sites (tertiary alicyclic amines) is 1. The number of hydrogen-bond donors (Lipinski definition) is 1. The van der Waals surface area contributed by atoms with E-state index < -0.39 is 5.54 Å². The molecule has 0 spiro atoms. The van der Waals surface area contributed by atoms with Gasteiger partial charge in [0, 0.05) is 18.6 Å². The Kier molecular flexibility index (Phi) is 4.28. The zero-order valence-electron chi connectivity index (χ0n) is 13.7. The summed E-state index contributed by atoms with van der Waals surface area (Å²) in [6, 6.07) is 1.09. The summed E-state index contributed by atoms with van der Waals surface area (Å²) < 4.78 is 5.12. The van der Waals surface area contributed by atoms with E-state index in [1.807, 2.05) is 0 Å². The van der Waals surface area contributed by atoms with Crippen molar-refractivity contribution in [2.45, 2.75) is 70.0 Å². The molecule has 4 nitrogen and oxygen atoms in total. The van der Waals surface area contributed by atoms with Crippen LogP contribution in [0.1, 0.15) is 52.4 Å². The van der Waals surface area contributed by atoms with Crippen LogP contribution >= 0.6 is 0 Å². The van der Waals surface area contributed by atoms with Gasteiger partial charge in [0.25, 0.3) is 0 Å². The van der Waals surface area contributed by atoms with Gasteiger partial charge in [-0.3, -0.25) is 10.1 Å². The normalized spacial score (nSPS) is 41.2. The number of carbonyl (C=O) groups is 1. The van der Waals surface area contributed by atoms with E-state index in [1.54, 1.807) is 0 Å². The highest BCUT2D eigenvalue weighted by molar-refractivity contribution is 5.81. The van der Waals surface area contributed by atoms with E-state index in [0.717, 1.165) is 31.1 Å². The minimum atomic E-state index is -0.410. The summed E-state index contributed by atoms with van der Waals surface area (Å²) in [6.07, 6.45) is 6.69. The van der Waals surface area contributed by atoms with Gasteiger partial charge in [0.15, 0.2) is 0 Å². The Hall–Kier alpha value is -0.610. The van der Waals surface area contributed by atoms with E-state index in [0.29, 0.717) is 12.1 Å². The number of nitrogens with one attached hydrogen (secondary N) is 1. The molecule has 2 aliphatic carbocycles. The summed E-state index contributed by atoms with van der Waals surface area (Å²) in [6.45, 7) is 7.11. The van der Waals surface area contributed by atoms with Crippen LogP contribution in [-0.4, -0.2) is 48.7 Å². The average molecular weight is 294 g/mol. The van der Waals surface area contributed by atoms with Gasteiger partial charge in [-0.2, -0.15) is 0 Å². The second-order valence-corrected chi connectivity index (χ2v) is 7.63. The van der Waals surface area contributed by atoms with Gasteiger partial charge in [-0.25, -0.2) is 0 Å². The molecule has 0 aromatic carbocycles. The van der Waals surface area contributed by atoms with Crippen molar-refractivity contribution in [3.63, 3.8) is 0 Å². The van der Waals surface area contributed by atoms with Crippen LogP contribution in [0.2, 0.25) is 0 Å². The fraction of sp³-hybridized carbons (Fsp3) is 0.941. The van der Waals surface area contributed by atoms with Gasteiger partial charge in [-0.15, -0.1) is 0 Å². The average Bonchev–Trinajstić information content (AvgIpc) is 3.18. The maximum absolute atomic E-state index is 12.3. The molecular weight excluding hydrogens is 264 g/mol. The van der Waals surface area contributed by atoms with Crippen LogP contribution in [0.25, 0.3) is 0 Å². The summed E-state index contributed by atoms with van der Waals surface area (Å²) in [5.41, 5.74) is -0.410. The van der Waals surface area contributed by atoms with Crippen LogP contribution in [0.15, 0.2) is 0 Å². The number of hydrogen-bond acceptors (Lipinski definition) is 4. The molecule has 1 heterocycles. The minimum absolute atomic E-state index is 0.0460. The third-order valence-corrected chi connectivity index (χ3v) is 6.00. The first kappa shape index (κ1) is 15.3. The van der Waals surface area contributed by atoms with Crippen molar-refractivity contribution in [3.05, 3.63) is 0 Å². The van der Waals surface area contributed by atoms with E-state index >= 15 is 0 Å². The predicted molar refractivity (Wildman–Crippen MR) is 83.1 cm³/mol. The highest BCUT2D eigenvalue weighted by atomic mass is 16.5. The van der Waals surface area contributed by atoms with Crippen molar-refractivity contribution >= 4 is 5.97 Å². The van der Waals surface area contributed by atoms with Gasteiger partial charge in [0.1, 0.15) is 5.54 Å². The lowest BCUT2D eigenvalue weighted by Gasteiger charge is -2.39. The predicted octanol–water partition coefficient (Wildman–Crippen LogP) is 2.18. The van der Waals surface area contributed by atoms with Crippen molar-refractivity contribution in [1.29, 1.82) is 0 Å². The molecule has 1 saturated heterocycles. The quantitative estimate of drug-likeness (QED) is 0.807. The molecule has 0 radical (unpaired) electrons. The first-order valence-corrected chi connectivity index (χ1v) is 8.64. The second-order valence-electron chi connectivity index (χ2n) is 7.63. The van der Waals surface area contributed by atoms with E-state index in [-0.39, 0.29) is 5.97 Å². The van der Waals surface area contributed by atoms with Crippen LogP contribution in [0.4, 0.5) is 0 Å². The number of methoxy groups -OCH3 is 1. The molecule has 3 aliphatic rings. The number of carbonyl (C=O) groups excluding carboxylic acids is 1. The Morgan fingerprint density at radius 3 is 2.57 bits per heavy atom. The Morgan fingerprint density at radius 2 is 1.95 bits per heavy atom. The number of piperidine rings is 1. The van der Waals surface area contributed by atoms with Crippen LogP contribution in [0.5, 0.6) is 0 Å². The molecule has 3 fully saturated rings. The highest BCUT2D eigenvalue weighted by Crippen LogP contribution is 2.39. The van der Waals surface area contributed by atoms with Crippen LogP contribution in [0.3, 0.4) is 0 Å². The Morgan fingerprint density at radius 1 is 1.19 bits per heavy atom. The van der Waals surface area contributed by atoms with Crippen LogP contribution in [-0.2, 0) is 9.53 Å². The zero-order valence-corrected chi connectivity index (χ0v) is 13.7. The first-order chi connectivity index (χ1) is 10.0. The molecule has 0 aromatic heterocycles. The monoisotopic (exact) mass is 294 g/mol. The number of ether oxygens (including phenoxy) is 1. The second kappa shape index (κ2) is 5.88. The van der Waals surface area contributed by atoms with Crippen molar-refractivity contribution in [3.8, 4) is 0 Å². The Labute approximate surface area is 128 Å². The van der Waals surface area contributed by atoms with Crippen molar-refractivity contribution in [1.82, 2.24) is 10.2 Å². The van der Waals surface area contributed by atoms with Gasteiger partial charge in [-0.1, -0.05) is 13.8 Å². The zero-order chi connectivity index (χ0) is 15.0. The molecule has 21 heavy (non-hydrogen) atoms. The van der Waals surface area contributed by atoms with E-state index in [2.05, 4.69) is 24.1 Å². The largest absolute Gasteiger partial charge is 0.468 e. The van der Waals surface area contributed by atoms with Gasteiger partial charge in [0.05, 0.1) is 7.11 Å². The van der Waals surface area contributed by atoms with Crippen LogP contribution < -0.4 is 5.32 Å². The standard InChI is InChI=1S/C17H30N2O2/c1-12-7-9-19(11-13(12)2)15-6-8-17(10-15,16(20)21-3)18-14-4-5-14/h12-15,18H,4-11H2,1-3H3. The molecule has 4 atom stereocenters. The SMILES string of the molecule is COC(=O)C1(NC2CC2)CCC(N2CCC(C)C(C)C2)C1. The molecule has 120 valence electrons. The summed E-state index contributed by atoms with van der Waals surface area (Å²) in [5, 5.41) is 3.60. The fourth-order valence-corrected chi connectivity index (χ4v) is 4.15. The van der Waals surface area contributed by atoms with Gasteiger partial charge >= 0.3 is 5.97 Å². The van der Waals surface area contributed by atoms with Gasteiger partial charge in [-0.05, 0) is 56.9 Å². The maximum atomic E-state index is 12.3. The molecule has 3 rings (SSSR count). The summed E-state index contributed by atoms with van der Waals surface area (Å²) in [7, 11) is 1.52. The smallest absolute Gasteiger partial charge is 0.326 e. The molecule has 0 bridgehead atoms. The lowest BCUT2D eigenvalue weighted by molar-refractivity contribution is -0.148. The van der Waals surface area contributed by atoms with Gasteiger partial charge in [0.2, 0.25) is 0 Å². The van der Waals surface area contributed by atoms with E-state index in [9.17, 15) is 4.79 Å². The Balaban J connectivity index is 1.65. The van der Waals surface area contributed by atoms with E-state index in [4.69, 9.17) is 4.74 Å². The maximum Gasteiger partial charge on any atom is 0.326 e. The molecule has 0 amide bonds. The molecule has 1 aliphatic heterocycles. The minimum Gasteiger partial charge on any atom is -0.468 e. The van der Waals surface area contributed by atoms with Crippen molar-refractivity contribution < 1.29 is 9.53 Å². The lowest BCUT2D eigenvalue weighted by atomic mass is 9.87. The van der Waals surface area contributed by atoms with Crippen LogP contribution in [0, 0.1) is 11.8 Å². The topological polar surface area (TPSA) is 41.6 Å². The molecule has 0 aromatic rings. The van der Waals surface area contributed by atoms with Crippen molar-refractivity contribution in [2.24, 2.45) is 11.8 Å². The number of nitrogens with zero attached hydrogens (tertiary/aromatic N) is 1. The summed E-state index contributed by atoms with van der Waals surface area (Å²) in [4.78, 5) is 15.0. The Bertz CT molecular complexity index is 396. The third-order valence-electron chi connectivity index (χ3n) is 6.00. The van der Waals surface area contributed by atoms with Crippen molar-refractivity contribution in [2.75, 3.05) is 20.2 Å². The summed E-state index contributed by atoms with van der Waals surface area (Å²) >= 11 is 0. The number of rotatable bonds is 4. The van der Waals surface area contributed by atoms with E-state index in [1.165, 1.54) is 39.5 Å². The van der Waals surface area contributed by atoms with Gasteiger partial charge < -0.3 is 9.64 Å². The lowest BCUT2D eigenvalue weighted by Crippen LogP contribution is -2.53. The molecule has 4 unspecified atom stereocenters. The fourth-order valence-electron chi connectivity index (χ4n) is 4.15. The molecular formula is C17H30N2O2. The molecule has 4 heteroatoms. The molecule has 1 N–H and O–H groups in total. The molecule has 2 saturated carbocycles. The first-order valence-electron chi connectivity index (χ1n) is 8.64. The summed E-state index contributed by atoms with van der Waals surface area (Å²) in [5.74, 6) is 1.55.